The van der Waals surface area contributed by atoms with E-state index < -0.39 is 0 Å². The summed E-state index contributed by atoms with van der Waals surface area (Å²) in [5.74, 6) is 1.39. The van der Waals surface area contributed by atoms with E-state index >= 15 is 0 Å². The summed E-state index contributed by atoms with van der Waals surface area (Å²) in [7, 11) is 3.25. The SMILES string of the molecule is COc1cc(C)c(C(N)c2cc(Br)cc(Br)c2)cc1OC. The molecule has 3 nitrogen and oxygen atoms in total. The lowest BCUT2D eigenvalue weighted by Crippen LogP contribution is -2.14. The molecule has 0 heterocycles. The fourth-order valence-corrected chi connectivity index (χ4v) is 3.59. The van der Waals surface area contributed by atoms with Gasteiger partial charge in [0.05, 0.1) is 20.3 Å². The van der Waals surface area contributed by atoms with Gasteiger partial charge in [-0.2, -0.15) is 0 Å². The van der Waals surface area contributed by atoms with Gasteiger partial charge in [0.25, 0.3) is 0 Å². The van der Waals surface area contributed by atoms with Gasteiger partial charge < -0.3 is 15.2 Å². The number of ether oxygens (including phenoxy) is 2. The van der Waals surface area contributed by atoms with Gasteiger partial charge in [-0.3, -0.25) is 0 Å². The number of hydrogen-bond acceptors (Lipinski definition) is 3. The van der Waals surface area contributed by atoms with Crippen LogP contribution in [0.15, 0.2) is 39.3 Å². The predicted molar refractivity (Wildman–Crippen MR) is 92.2 cm³/mol. The van der Waals surface area contributed by atoms with Crippen molar-refractivity contribution in [3.63, 3.8) is 0 Å². The normalized spacial score (nSPS) is 12.1. The number of nitrogens with two attached hydrogens (primary N) is 1. The highest BCUT2D eigenvalue weighted by atomic mass is 79.9. The molecule has 0 aromatic heterocycles. The molecular weight excluding hydrogens is 398 g/mol. The Morgan fingerprint density at radius 1 is 0.905 bits per heavy atom. The van der Waals surface area contributed by atoms with Gasteiger partial charge in [-0.1, -0.05) is 31.9 Å². The Balaban J connectivity index is 2.49. The molecule has 2 N–H and O–H groups in total. The summed E-state index contributed by atoms with van der Waals surface area (Å²) in [6.07, 6.45) is 0. The largest absolute Gasteiger partial charge is 0.493 e. The molecule has 5 heteroatoms. The van der Waals surface area contributed by atoms with Crippen LogP contribution in [0.2, 0.25) is 0 Å². The molecular formula is C16H17Br2NO2. The zero-order valence-corrected chi connectivity index (χ0v) is 15.3. The quantitative estimate of drug-likeness (QED) is 0.795. The maximum atomic E-state index is 6.43. The molecule has 112 valence electrons. The molecule has 1 atom stereocenters. The summed E-state index contributed by atoms with van der Waals surface area (Å²) in [6.45, 7) is 2.02. The fourth-order valence-electron chi connectivity index (χ4n) is 2.27. The highest BCUT2D eigenvalue weighted by Crippen LogP contribution is 2.35. The second kappa shape index (κ2) is 6.81. The van der Waals surface area contributed by atoms with E-state index in [-0.39, 0.29) is 6.04 Å². The van der Waals surface area contributed by atoms with E-state index in [1.54, 1.807) is 14.2 Å². The summed E-state index contributed by atoms with van der Waals surface area (Å²) in [4.78, 5) is 0. The minimum Gasteiger partial charge on any atom is -0.493 e. The molecule has 0 aliphatic rings. The minimum atomic E-state index is -0.237. The topological polar surface area (TPSA) is 44.5 Å². The zero-order chi connectivity index (χ0) is 15.6. The summed E-state index contributed by atoms with van der Waals surface area (Å²) < 4.78 is 12.7. The smallest absolute Gasteiger partial charge is 0.161 e. The predicted octanol–water partition coefficient (Wildman–Crippen LogP) is 4.59. The van der Waals surface area contributed by atoms with E-state index in [9.17, 15) is 0 Å². The highest BCUT2D eigenvalue weighted by Gasteiger charge is 2.16. The first-order chi connectivity index (χ1) is 9.96. The molecule has 21 heavy (non-hydrogen) atoms. The van der Waals surface area contributed by atoms with E-state index in [1.165, 1.54) is 0 Å². The molecule has 2 aromatic carbocycles. The van der Waals surface area contributed by atoms with E-state index in [1.807, 2.05) is 37.3 Å². The first kappa shape index (κ1) is 16.3. The van der Waals surface area contributed by atoms with Crippen LogP contribution in [-0.4, -0.2) is 14.2 Å². The average molecular weight is 415 g/mol. The number of halogens is 2. The minimum absolute atomic E-state index is 0.237. The Morgan fingerprint density at radius 2 is 1.43 bits per heavy atom. The molecule has 0 fully saturated rings. The zero-order valence-electron chi connectivity index (χ0n) is 12.1. The second-order valence-electron chi connectivity index (χ2n) is 4.74. The van der Waals surface area contributed by atoms with Crippen molar-refractivity contribution in [2.24, 2.45) is 5.73 Å². The van der Waals surface area contributed by atoms with Crippen molar-refractivity contribution in [2.75, 3.05) is 14.2 Å². The molecule has 0 amide bonds. The standard InChI is InChI=1S/C16H17Br2NO2/c1-9-4-14(20-2)15(21-3)8-13(9)16(19)10-5-11(17)7-12(18)6-10/h4-8,16H,19H2,1-3H3. The van der Waals surface area contributed by atoms with E-state index in [0.717, 1.165) is 25.6 Å². The number of benzene rings is 2. The molecule has 0 aliphatic heterocycles. The number of rotatable bonds is 4. The van der Waals surface area contributed by atoms with Gasteiger partial charge in [0.15, 0.2) is 11.5 Å². The van der Waals surface area contributed by atoms with Crippen LogP contribution in [0.3, 0.4) is 0 Å². The third kappa shape index (κ3) is 3.59. The van der Waals surface area contributed by atoms with Crippen molar-refractivity contribution in [1.29, 1.82) is 0 Å². The second-order valence-corrected chi connectivity index (χ2v) is 6.58. The lowest BCUT2D eigenvalue weighted by molar-refractivity contribution is 0.354. The van der Waals surface area contributed by atoms with Crippen LogP contribution < -0.4 is 15.2 Å². The Kier molecular flexibility index (Phi) is 5.30. The molecule has 2 rings (SSSR count). The van der Waals surface area contributed by atoms with E-state index in [2.05, 4.69) is 31.9 Å². The van der Waals surface area contributed by atoms with E-state index in [4.69, 9.17) is 15.2 Å². The Bertz CT molecular complexity index is 639. The molecule has 0 bridgehead atoms. The lowest BCUT2D eigenvalue weighted by atomic mass is 9.95. The number of aryl methyl sites for hydroxylation is 1. The third-order valence-corrected chi connectivity index (χ3v) is 4.27. The van der Waals surface area contributed by atoms with Crippen molar-refractivity contribution < 1.29 is 9.47 Å². The van der Waals surface area contributed by atoms with Gasteiger partial charge in [0.2, 0.25) is 0 Å². The van der Waals surface area contributed by atoms with Gasteiger partial charge in [0.1, 0.15) is 0 Å². The summed E-state index contributed by atoms with van der Waals surface area (Å²) in [5.41, 5.74) is 9.53. The fraction of sp³-hybridized carbons (Fsp3) is 0.250. The van der Waals surface area contributed by atoms with Crippen LogP contribution >= 0.6 is 31.9 Å². The van der Waals surface area contributed by atoms with Gasteiger partial charge in [-0.05, 0) is 53.9 Å². The summed E-state index contributed by atoms with van der Waals surface area (Å²) in [5, 5.41) is 0. The molecule has 0 radical (unpaired) electrons. The summed E-state index contributed by atoms with van der Waals surface area (Å²) >= 11 is 6.99. The summed E-state index contributed by atoms with van der Waals surface area (Å²) in [6, 6.07) is 9.67. The van der Waals surface area contributed by atoms with Crippen LogP contribution in [0.5, 0.6) is 11.5 Å². The van der Waals surface area contributed by atoms with Crippen molar-refractivity contribution in [3.05, 3.63) is 56.0 Å². The van der Waals surface area contributed by atoms with E-state index in [0.29, 0.717) is 11.5 Å². The molecule has 0 aliphatic carbocycles. The number of hydrogen-bond donors (Lipinski definition) is 1. The van der Waals surface area contributed by atoms with Crippen LogP contribution in [0.4, 0.5) is 0 Å². The first-order valence-electron chi connectivity index (χ1n) is 6.40. The molecule has 1 unspecified atom stereocenters. The maximum Gasteiger partial charge on any atom is 0.161 e. The van der Waals surface area contributed by atoms with Crippen molar-refractivity contribution in [1.82, 2.24) is 0 Å². The molecule has 0 spiro atoms. The first-order valence-corrected chi connectivity index (χ1v) is 7.99. The van der Waals surface area contributed by atoms with Crippen molar-refractivity contribution >= 4 is 31.9 Å². The van der Waals surface area contributed by atoms with Gasteiger partial charge in [-0.15, -0.1) is 0 Å². The van der Waals surface area contributed by atoms with Gasteiger partial charge >= 0.3 is 0 Å². The average Bonchev–Trinajstić information content (AvgIpc) is 2.45. The van der Waals surface area contributed by atoms with Gasteiger partial charge in [0, 0.05) is 8.95 Å². The Labute approximate surface area is 141 Å². The van der Waals surface area contributed by atoms with Crippen molar-refractivity contribution in [3.8, 4) is 11.5 Å². The number of methoxy groups -OCH3 is 2. The van der Waals surface area contributed by atoms with Crippen LogP contribution in [0, 0.1) is 6.92 Å². The highest BCUT2D eigenvalue weighted by molar-refractivity contribution is 9.11. The van der Waals surface area contributed by atoms with Crippen molar-refractivity contribution in [2.45, 2.75) is 13.0 Å². The molecule has 2 aromatic rings. The maximum absolute atomic E-state index is 6.43. The van der Waals surface area contributed by atoms with Crippen LogP contribution in [0.25, 0.3) is 0 Å². The monoisotopic (exact) mass is 413 g/mol. The molecule has 0 saturated heterocycles. The Hall–Kier alpha value is -1.04. The van der Waals surface area contributed by atoms with Gasteiger partial charge in [-0.25, -0.2) is 0 Å². The Morgan fingerprint density at radius 3 is 1.95 bits per heavy atom. The van der Waals surface area contributed by atoms with Crippen LogP contribution in [0.1, 0.15) is 22.7 Å². The lowest BCUT2D eigenvalue weighted by Gasteiger charge is -2.19. The molecule has 0 saturated carbocycles. The van der Waals surface area contributed by atoms with Crippen LogP contribution in [-0.2, 0) is 0 Å². The third-order valence-electron chi connectivity index (χ3n) is 3.35.